The summed E-state index contributed by atoms with van der Waals surface area (Å²) in [6, 6.07) is 12.7. The Morgan fingerprint density at radius 3 is 2.50 bits per heavy atom. The number of fused-ring (bicyclic) bond motifs is 1. The van der Waals surface area contributed by atoms with Gasteiger partial charge in [0.25, 0.3) is 0 Å². The topological polar surface area (TPSA) is 70.7 Å². The van der Waals surface area contributed by atoms with E-state index in [9.17, 15) is 9.59 Å². The zero-order valence-electron chi connectivity index (χ0n) is 18.4. The SMILES string of the molecule is Cc1cccc(NC(=O)Nc2ccc3c(c2)N(CCC(C)C)C(=O)C(C)(C)CO3)c1. The monoisotopic (exact) mass is 409 g/mol. The van der Waals surface area contributed by atoms with Crippen LogP contribution in [0.4, 0.5) is 21.9 Å². The fourth-order valence-corrected chi connectivity index (χ4v) is 3.35. The number of aryl methyl sites for hydroxylation is 1. The van der Waals surface area contributed by atoms with Gasteiger partial charge in [-0.3, -0.25) is 4.79 Å². The number of anilines is 3. The molecule has 0 radical (unpaired) electrons. The van der Waals surface area contributed by atoms with Gasteiger partial charge in [-0.2, -0.15) is 0 Å². The second-order valence-electron chi connectivity index (χ2n) is 8.94. The van der Waals surface area contributed by atoms with E-state index in [0.29, 0.717) is 36.2 Å². The van der Waals surface area contributed by atoms with E-state index >= 15 is 0 Å². The molecular formula is C24H31N3O3. The Kier molecular flexibility index (Phi) is 6.34. The van der Waals surface area contributed by atoms with Gasteiger partial charge < -0.3 is 20.3 Å². The second kappa shape index (κ2) is 8.78. The number of carbonyl (C=O) groups is 2. The van der Waals surface area contributed by atoms with Crippen LogP contribution >= 0.6 is 0 Å². The number of nitrogens with zero attached hydrogens (tertiary/aromatic N) is 1. The van der Waals surface area contributed by atoms with Crippen molar-refractivity contribution in [2.75, 3.05) is 28.7 Å². The van der Waals surface area contributed by atoms with E-state index in [1.165, 1.54) is 0 Å². The van der Waals surface area contributed by atoms with E-state index < -0.39 is 5.41 Å². The summed E-state index contributed by atoms with van der Waals surface area (Å²) in [7, 11) is 0. The molecule has 2 aromatic carbocycles. The molecule has 0 fully saturated rings. The number of ether oxygens (including phenoxy) is 1. The normalized spacial score (nSPS) is 15.3. The molecule has 2 N–H and O–H groups in total. The minimum atomic E-state index is -0.619. The summed E-state index contributed by atoms with van der Waals surface area (Å²) in [5.74, 6) is 1.15. The second-order valence-corrected chi connectivity index (χ2v) is 8.94. The van der Waals surface area contributed by atoms with Gasteiger partial charge in [0.15, 0.2) is 0 Å². The lowest BCUT2D eigenvalue weighted by Crippen LogP contribution is -2.42. The lowest BCUT2D eigenvalue weighted by molar-refractivity contribution is -0.127. The Morgan fingerprint density at radius 2 is 1.83 bits per heavy atom. The van der Waals surface area contributed by atoms with Crippen molar-refractivity contribution >= 4 is 29.0 Å². The zero-order valence-corrected chi connectivity index (χ0v) is 18.4. The molecule has 1 aliphatic rings. The van der Waals surface area contributed by atoms with Crippen LogP contribution in [0.1, 0.15) is 39.7 Å². The van der Waals surface area contributed by atoms with Crippen molar-refractivity contribution in [2.45, 2.75) is 41.0 Å². The maximum atomic E-state index is 13.2. The highest BCUT2D eigenvalue weighted by atomic mass is 16.5. The Bertz CT molecular complexity index is 937. The van der Waals surface area contributed by atoms with Crippen LogP contribution in [0, 0.1) is 18.3 Å². The standard InChI is InChI=1S/C24H31N3O3/c1-16(2)11-12-27-20-14-19(9-10-21(20)30-15-24(4,5)22(27)28)26-23(29)25-18-8-6-7-17(3)13-18/h6-10,13-14,16H,11-12,15H2,1-5H3,(H2,25,26,29). The summed E-state index contributed by atoms with van der Waals surface area (Å²) >= 11 is 0. The van der Waals surface area contributed by atoms with Gasteiger partial charge in [0.2, 0.25) is 5.91 Å². The van der Waals surface area contributed by atoms with Crippen LogP contribution in [0.3, 0.4) is 0 Å². The molecule has 6 heteroatoms. The quantitative estimate of drug-likeness (QED) is 0.691. The van der Waals surface area contributed by atoms with E-state index in [2.05, 4.69) is 24.5 Å². The van der Waals surface area contributed by atoms with Gasteiger partial charge in [-0.25, -0.2) is 4.79 Å². The van der Waals surface area contributed by atoms with Crippen LogP contribution in [-0.2, 0) is 4.79 Å². The maximum Gasteiger partial charge on any atom is 0.323 e. The van der Waals surface area contributed by atoms with Gasteiger partial charge in [-0.15, -0.1) is 0 Å². The van der Waals surface area contributed by atoms with Gasteiger partial charge >= 0.3 is 6.03 Å². The zero-order chi connectivity index (χ0) is 21.9. The summed E-state index contributed by atoms with van der Waals surface area (Å²) in [5.41, 5.74) is 2.47. The minimum absolute atomic E-state index is 0.0308. The predicted molar refractivity (Wildman–Crippen MR) is 121 cm³/mol. The molecule has 1 heterocycles. The van der Waals surface area contributed by atoms with Crippen molar-refractivity contribution in [1.82, 2.24) is 0 Å². The summed E-state index contributed by atoms with van der Waals surface area (Å²) < 4.78 is 5.95. The Labute approximate surface area is 178 Å². The molecule has 2 aromatic rings. The largest absolute Gasteiger partial charge is 0.490 e. The minimum Gasteiger partial charge on any atom is -0.490 e. The van der Waals surface area contributed by atoms with Gasteiger partial charge in [0, 0.05) is 17.9 Å². The molecular weight excluding hydrogens is 378 g/mol. The van der Waals surface area contributed by atoms with Crippen molar-refractivity contribution in [3.05, 3.63) is 48.0 Å². The smallest absolute Gasteiger partial charge is 0.323 e. The van der Waals surface area contributed by atoms with Crippen LogP contribution in [-0.4, -0.2) is 25.1 Å². The number of nitrogens with one attached hydrogen (secondary N) is 2. The van der Waals surface area contributed by atoms with E-state index in [1.807, 2.05) is 57.2 Å². The summed E-state index contributed by atoms with van der Waals surface area (Å²) in [4.78, 5) is 27.5. The molecule has 0 aromatic heterocycles. The summed E-state index contributed by atoms with van der Waals surface area (Å²) in [6.45, 7) is 11.0. The molecule has 3 amide bonds. The van der Waals surface area contributed by atoms with E-state index in [1.54, 1.807) is 11.0 Å². The third-order valence-electron chi connectivity index (χ3n) is 5.13. The maximum absolute atomic E-state index is 13.2. The lowest BCUT2D eigenvalue weighted by Gasteiger charge is -2.28. The average Bonchev–Trinajstić information content (AvgIpc) is 2.75. The van der Waals surface area contributed by atoms with Crippen molar-refractivity contribution in [3.8, 4) is 5.75 Å². The number of urea groups is 1. The van der Waals surface area contributed by atoms with Crippen LogP contribution in [0.25, 0.3) is 0 Å². The molecule has 160 valence electrons. The Balaban J connectivity index is 1.83. The summed E-state index contributed by atoms with van der Waals surface area (Å²) in [6.07, 6.45) is 0.882. The number of hydrogen-bond donors (Lipinski definition) is 2. The van der Waals surface area contributed by atoms with Crippen molar-refractivity contribution in [2.24, 2.45) is 11.3 Å². The van der Waals surface area contributed by atoms with Crippen molar-refractivity contribution in [1.29, 1.82) is 0 Å². The Morgan fingerprint density at radius 1 is 1.13 bits per heavy atom. The molecule has 30 heavy (non-hydrogen) atoms. The molecule has 1 aliphatic heterocycles. The van der Waals surface area contributed by atoms with Crippen LogP contribution in [0.2, 0.25) is 0 Å². The lowest BCUT2D eigenvalue weighted by atomic mass is 9.92. The molecule has 0 saturated carbocycles. The number of rotatable bonds is 5. The molecule has 0 bridgehead atoms. The number of amides is 3. The molecule has 0 atom stereocenters. The number of hydrogen-bond acceptors (Lipinski definition) is 3. The first kappa shape index (κ1) is 21.7. The van der Waals surface area contributed by atoms with Gasteiger partial charge in [0.05, 0.1) is 11.1 Å². The van der Waals surface area contributed by atoms with Crippen molar-refractivity contribution < 1.29 is 14.3 Å². The molecule has 0 saturated heterocycles. The third kappa shape index (κ3) is 5.12. The van der Waals surface area contributed by atoms with Crippen LogP contribution < -0.4 is 20.3 Å². The summed E-state index contributed by atoms with van der Waals surface area (Å²) in [5, 5.41) is 5.69. The van der Waals surface area contributed by atoms with Gasteiger partial charge in [0.1, 0.15) is 12.4 Å². The van der Waals surface area contributed by atoms with E-state index in [4.69, 9.17) is 4.74 Å². The fraction of sp³-hybridized carbons (Fsp3) is 0.417. The van der Waals surface area contributed by atoms with E-state index in [-0.39, 0.29) is 11.9 Å². The molecule has 0 aliphatic carbocycles. The highest BCUT2D eigenvalue weighted by molar-refractivity contribution is 6.02. The molecule has 3 rings (SSSR count). The fourth-order valence-electron chi connectivity index (χ4n) is 3.35. The number of benzene rings is 2. The molecule has 0 spiro atoms. The van der Waals surface area contributed by atoms with E-state index in [0.717, 1.165) is 17.7 Å². The third-order valence-corrected chi connectivity index (χ3v) is 5.13. The van der Waals surface area contributed by atoms with Gasteiger partial charge in [-0.1, -0.05) is 26.0 Å². The van der Waals surface area contributed by atoms with Gasteiger partial charge in [-0.05, 0) is 69.0 Å². The van der Waals surface area contributed by atoms with Crippen LogP contribution in [0.5, 0.6) is 5.75 Å². The highest BCUT2D eigenvalue weighted by Gasteiger charge is 2.37. The first-order chi connectivity index (χ1) is 14.2. The Hall–Kier alpha value is -3.02. The van der Waals surface area contributed by atoms with Crippen molar-refractivity contribution in [3.63, 3.8) is 0 Å². The van der Waals surface area contributed by atoms with Crippen LogP contribution in [0.15, 0.2) is 42.5 Å². The molecule has 6 nitrogen and oxygen atoms in total. The highest BCUT2D eigenvalue weighted by Crippen LogP contribution is 2.38. The average molecular weight is 410 g/mol. The number of carbonyl (C=O) groups excluding carboxylic acids is 2. The first-order valence-electron chi connectivity index (χ1n) is 10.4. The first-order valence-corrected chi connectivity index (χ1v) is 10.4. The molecule has 0 unspecified atom stereocenters. The predicted octanol–water partition coefficient (Wildman–Crippen LogP) is 5.44.